The van der Waals surface area contributed by atoms with Crippen LogP contribution in [0.2, 0.25) is 5.15 Å². The Bertz CT molecular complexity index is 1750. The molecule has 10 nitrogen and oxygen atoms in total. The molecule has 0 bridgehead atoms. The molecule has 43 heavy (non-hydrogen) atoms. The maximum Gasteiger partial charge on any atom is 0.264 e. The summed E-state index contributed by atoms with van der Waals surface area (Å²) in [5, 5.41) is 2.60. The fraction of sp³-hybridized carbons (Fsp3) is 0.345. The third-order valence-corrected chi connectivity index (χ3v) is 8.17. The summed E-state index contributed by atoms with van der Waals surface area (Å²) in [6, 6.07) is 4.67. The molecule has 6 rings (SSSR count). The lowest BCUT2D eigenvalue weighted by Crippen LogP contribution is -2.41. The summed E-state index contributed by atoms with van der Waals surface area (Å²) < 4.78 is 49.4. The number of halogens is 4. The van der Waals surface area contributed by atoms with Crippen LogP contribution in [0.3, 0.4) is 0 Å². The number of nitrogens with two attached hydrogens (primary N) is 1. The van der Waals surface area contributed by atoms with E-state index in [1.807, 2.05) is 4.90 Å². The van der Waals surface area contributed by atoms with Gasteiger partial charge in [0.2, 0.25) is 5.91 Å². The Morgan fingerprint density at radius 1 is 1.23 bits per heavy atom. The number of hydrogen-bond donors (Lipinski definition) is 2. The summed E-state index contributed by atoms with van der Waals surface area (Å²) in [6.07, 6.45) is 2.69. The van der Waals surface area contributed by atoms with Crippen LogP contribution < -0.4 is 15.8 Å². The molecule has 5 heterocycles. The van der Waals surface area contributed by atoms with Gasteiger partial charge in [-0.1, -0.05) is 11.6 Å². The van der Waals surface area contributed by atoms with Crippen molar-refractivity contribution in [2.24, 2.45) is 0 Å². The number of carbonyl (C=O) groups excluding carboxylic acids is 2. The molecule has 2 saturated heterocycles. The van der Waals surface area contributed by atoms with Gasteiger partial charge in [-0.15, -0.1) is 0 Å². The van der Waals surface area contributed by atoms with Crippen molar-refractivity contribution in [1.82, 2.24) is 24.3 Å². The van der Waals surface area contributed by atoms with E-state index in [0.29, 0.717) is 24.3 Å². The van der Waals surface area contributed by atoms with E-state index in [1.54, 1.807) is 11.3 Å². The minimum absolute atomic E-state index is 0.0961. The molecule has 0 saturated carbocycles. The first-order chi connectivity index (χ1) is 20.7. The number of ether oxygens (including phenoxy) is 1. The Labute approximate surface area is 249 Å². The van der Waals surface area contributed by atoms with E-state index in [9.17, 15) is 18.4 Å². The van der Waals surface area contributed by atoms with Crippen molar-refractivity contribution < 1.29 is 27.5 Å². The standard InChI is InChI=1S/C29H27ClF3N7O3/c1-2-43-20-11-17(29(42)37-22-9-14(26(32)33)7-8-35-22)19(31)10-18(20)24-25-27(34)36-12-21(30)40(25)28(38-24)15-3-4-16-5-6-23(41)39(16)13-15/h7-12,15-16,26H,2-6,13H2,1H3,(H2,34,36)(H,35,37,42). The van der Waals surface area contributed by atoms with E-state index >= 15 is 4.39 Å². The van der Waals surface area contributed by atoms with Crippen LogP contribution >= 0.6 is 11.6 Å². The van der Waals surface area contributed by atoms with Crippen LogP contribution in [0.15, 0.2) is 36.7 Å². The van der Waals surface area contributed by atoms with Gasteiger partial charge in [-0.3, -0.25) is 14.0 Å². The molecule has 2 fully saturated rings. The predicted octanol–water partition coefficient (Wildman–Crippen LogP) is 5.62. The van der Waals surface area contributed by atoms with Gasteiger partial charge in [0.05, 0.1) is 18.4 Å². The zero-order valence-electron chi connectivity index (χ0n) is 23.0. The number of imidazole rings is 1. The number of nitrogens with zero attached hydrogens (tertiary/aromatic N) is 5. The van der Waals surface area contributed by atoms with Crippen LogP contribution in [0.5, 0.6) is 5.75 Å². The van der Waals surface area contributed by atoms with Crippen molar-refractivity contribution in [1.29, 1.82) is 0 Å². The number of pyridine rings is 1. The maximum absolute atomic E-state index is 15.6. The number of hydrogen-bond acceptors (Lipinski definition) is 7. The number of anilines is 2. The van der Waals surface area contributed by atoms with Crippen LogP contribution in [0.1, 0.15) is 66.7 Å². The van der Waals surface area contributed by atoms with Gasteiger partial charge in [0.1, 0.15) is 45.4 Å². The van der Waals surface area contributed by atoms with Crippen LogP contribution in [0.4, 0.5) is 24.8 Å². The zero-order valence-corrected chi connectivity index (χ0v) is 23.7. The maximum atomic E-state index is 15.6. The molecule has 2 amide bonds. The summed E-state index contributed by atoms with van der Waals surface area (Å²) in [6.45, 7) is 2.36. The van der Waals surface area contributed by atoms with Gasteiger partial charge < -0.3 is 20.7 Å². The number of carbonyl (C=O) groups is 2. The quantitative estimate of drug-likeness (QED) is 0.277. The third-order valence-electron chi connectivity index (χ3n) is 7.90. The average Bonchev–Trinajstić information content (AvgIpc) is 3.57. The van der Waals surface area contributed by atoms with Gasteiger partial charge in [0, 0.05) is 42.2 Å². The molecule has 2 atom stereocenters. The van der Waals surface area contributed by atoms with E-state index < -0.39 is 23.7 Å². The van der Waals surface area contributed by atoms with Crippen LogP contribution in [-0.4, -0.2) is 55.3 Å². The van der Waals surface area contributed by atoms with Gasteiger partial charge >= 0.3 is 0 Å². The van der Waals surface area contributed by atoms with Crippen molar-refractivity contribution in [3.63, 3.8) is 0 Å². The molecule has 14 heteroatoms. The minimum Gasteiger partial charge on any atom is -0.493 e. The Balaban J connectivity index is 1.43. The molecule has 1 aromatic carbocycles. The van der Waals surface area contributed by atoms with E-state index in [0.717, 1.165) is 43.7 Å². The molecule has 3 aromatic heterocycles. The van der Waals surface area contributed by atoms with Crippen molar-refractivity contribution in [2.45, 2.75) is 51.0 Å². The molecular formula is C29H27ClF3N7O3. The molecule has 3 N–H and O–H groups in total. The van der Waals surface area contributed by atoms with Gasteiger partial charge in [-0.25, -0.2) is 28.1 Å². The number of rotatable bonds is 7. The fourth-order valence-electron chi connectivity index (χ4n) is 5.89. The highest BCUT2D eigenvalue weighted by Gasteiger charge is 2.39. The molecule has 2 aliphatic heterocycles. The smallest absolute Gasteiger partial charge is 0.264 e. The lowest BCUT2D eigenvalue weighted by molar-refractivity contribution is -0.130. The van der Waals surface area contributed by atoms with Gasteiger partial charge in [0.15, 0.2) is 0 Å². The van der Waals surface area contributed by atoms with Crippen LogP contribution in [0, 0.1) is 5.82 Å². The second-order valence-electron chi connectivity index (χ2n) is 10.5. The highest BCUT2D eigenvalue weighted by Crippen LogP contribution is 2.42. The first-order valence-corrected chi connectivity index (χ1v) is 14.2. The Morgan fingerprint density at radius 3 is 2.81 bits per heavy atom. The second kappa shape index (κ2) is 11.4. The van der Waals surface area contributed by atoms with Crippen molar-refractivity contribution in [3.8, 4) is 17.0 Å². The van der Waals surface area contributed by atoms with Gasteiger partial charge in [-0.2, -0.15) is 0 Å². The fourth-order valence-corrected chi connectivity index (χ4v) is 6.11. The van der Waals surface area contributed by atoms with E-state index in [4.69, 9.17) is 27.1 Å². The normalized spacial score (nSPS) is 18.4. The zero-order chi connectivity index (χ0) is 30.4. The van der Waals surface area contributed by atoms with Crippen LogP contribution in [0.25, 0.3) is 16.8 Å². The lowest BCUT2D eigenvalue weighted by Gasteiger charge is -2.34. The summed E-state index contributed by atoms with van der Waals surface area (Å²) in [5.74, 6) is -1.26. The molecule has 0 radical (unpaired) electrons. The van der Waals surface area contributed by atoms with Crippen LogP contribution in [-0.2, 0) is 4.79 Å². The molecule has 0 aliphatic carbocycles. The number of amides is 2. The molecule has 2 aliphatic rings. The van der Waals surface area contributed by atoms with E-state index in [-0.39, 0.29) is 63.8 Å². The lowest BCUT2D eigenvalue weighted by atomic mass is 9.92. The number of alkyl halides is 2. The highest BCUT2D eigenvalue weighted by molar-refractivity contribution is 6.30. The first kappa shape index (κ1) is 28.7. The molecule has 0 spiro atoms. The van der Waals surface area contributed by atoms with Gasteiger partial charge in [0.25, 0.3) is 12.3 Å². The Hall–Kier alpha value is -4.39. The topological polar surface area (TPSA) is 128 Å². The average molecular weight is 614 g/mol. The van der Waals surface area contributed by atoms with E-state index in [2.05, 4.69) is 15.3 Å². The summed E-state index contributed by atoms with van der Waals surface area (Å²) in [7, 11) is 0. The SMILES string of the molecule is CCOc1cc(C(=O)Nc2cc(C(F)F)ccn2)c(F)cc1-c1nc(C2CCC3CCC(=O)N3C2)n2c(Cl)cnc(N)c12. The van der Waals surface area contributed by atoms with Crippen molar-refractivity contribution in [2.75, 3.05) is 24.2 Å². The molecule has 224 valence electrons. The van der Waals surface area contributed by atoms with Crippen molar-refractivity contribution in [3.05, 3.63) is 64.6 Å². The minimum atomic E-state index is -2.77. The summed E-state index contributed by atoms with van der Waals surface area (Å²) >= 11 is 6.61. The predicted molar refractivity (Wildman–Crippen MR) is 153 cm³/mol. The highest BCUT2D eigenvalue weighted by atomic mass is 35.5. The molecule has 2 unspecified atom stereocenters. The molecule has 4 aromatic rings. The Morgan fingerprint density at radius 2 is 2.05 bits per heavy atom. The Kier molecular flexibility index (Phi) is 7.59. The third kappa shape index (κ3) is 5.22. The second-order valence-corrected chi connectivity index (χ2v) is 10.9. The summed E-state index contributed by atoms with van der Waals surface area (Å²) in [5.41, 5.74) is 6.38. The molecular weight excluding hydrogens is 587 g/mol. The number of nitrogens with one attached hydrogen (secondary N) is 1. The largest absolute Gasteiger partial charge is 0.493 e. The summed E-state index contributed by atoms with van der Waals surface area (Å²) in [4.78, 5) is 40.4. The van der Waals surface area contributed by atoms with E-state index in [1.165, 1.54) is 12.3 Å². The number of piperidine rings is 1. The number of aromatic nitrogens is 4. The van der Waals surface area contributed by atoms with Crippen molar-refractivity contribution >= 4 is 40.6 Å². The number of fused-ring (bicyclic) bond motifs is 2. The first-order valence-electron chi connectivity index (χ1n) is 13.8. The number of nitrogen functional groups attached to an aromatic ring is 1. The monoisotopic (exact) mass is 613 g/mol. The van der Waals surface area contributed by atoms with Gasteiger partial charge in [-0.05, 0) is 50.5 Å². The number of benzene rings is 1.